The first-order chi connectivity index (χ1) is 13.6. The Labute approximate surface area is 172 Å². The number of aryl methyl sites for hydroxylation is 1. The van der Waals surface area contributed by atoms with Crippen molar-refractivity contribution in [3.63, 3.8) is 0 Å². The number of allylic oxidation sites excluding steroid dienone is 1. The minimum absolute atomic E-state index is 0.757. The summed E-state index contributed by atoms with van der Waals surface area (Å²) < 4.78 is 0. The zero-order valence-corrected chi connectivity index (χ0v) is 17.9. The van der Waals surface area contributed by atoms with E-state index in [2.05, 4.69) is 72.1 Å². The summed E-state index contributed by atoms with van der Waals surface area (Å²) in [6, 6.07) is 10.6. The fourth-order valence-electron chi connectivity index (χ4n) is 3.62. The Balaban J connectivity index is 1.78. The van der Waals surface area contributed by atoms with Crippen molar-refractivity contribution >= 4 is 0 Å². The molecule has 1 N–H and O–H groups in total. The third-order valence-electron chi connectivity index (χ3n) is 5.51. The highest BCUT2D eigenvalue weighted by Gasteiger charge is 2.16. The third kappa shape index (κ3) is 7.84. The Morgan fingerprint density at radius 2 is 1.79 bits per heavy atom. The average Bonchev–Trinajstić information content (AvgIpc) is 3.25. The number of nitrogens with one attached hydrogen (secondary N) is 1. The van der Waals surface area contributed by atoms with E-state index in [1.807, 2.05) is 0 Å². The first kappa shape index (κ1) is 22.1. The molecule has 0 spiro atoms. The third-order valence-corrected chi connectivity index (χ3v) is 5.51. The average molecular weight is 382 g/mol. The van der Waals surface area contributed by atoms with Crippen LogP contribution in [0.4, 0.5) is 0 Å². The first-order valence-corrected chi connectivity index (χ1v) is 10.9. The molecule has 1 fully saturated rings. The fourth-order valence-corrected chi connectivity index (χ4v) is 3.62. The molecule has 1 heterocycles. The summed E-state index contributed by atoms with van der Waals surface area (Å²) in [6.07, 6.45) is 8.26. The van der Waals surface area contributed by atoms with E-state index < -0.39 is 0 Å². The molecule has 0 unspecified atom stereocenters. The van der Waals surface area contributed by atoms with Gasteiger partial charge in [-0.1, -0.05) is 69.8 Å². The highest BCUT2D eigenvalue weighted by molar-refractivity contribution is 5.16. The topological polar surface area (TPSA) is 18.5 Å². The fraction of sp³-hybridized carbons (Fsp3) is 0.520. The van der Waals surface area contributed by atoms with Crippen molar-refractivity contribution in [2.45, 2.75) is 51.9 Å². The maximum Gasteiger partial charge on any atom is 0.0570 e. The van der Waals surface area contributed by atoms with Crippen LogP contribution >= 0.6 is 0 Å². The molecule has 28 heavy (non-hydrogen) atoms. The molecule has 154 valence electrons. The van der Waals surface area contributed by atoms with E-state index in [0.29, 0.717) is 0 Å². The predicted octanol–water partition coefficient (Wildman–Crippen LogP) is 5.34. The summed E-state index contributed by atoms with van der Waals surface area (Å²) in [5.74, 6) is 0. The molecule has 3 nitrogen and oxygen atoms in total. The highest BCUT2D eigenvalue weighted by atomic mass is 15.2. The molecule has 1 aromatic carbocycles. The molecule has 1 aromatic rings. The van der Waals surface area contributed by atoms with Crippen molar-refractivity contribution in [1.82, 2.24) is 15.1 Å². The number of unbranched alkanes of at least 4 members (excludes halogenated alkanes) is 2. The van der Waals surface area contributed by atoms with Gasteiger partial charge in [0.25, 0.3) is 0 Å². The summed E-state index contributed by atoms with van der Waals surface area (Å²) in [6.45, 7) is 20.2. The molecule has 0 radical (unpaired) electrons. The van der Waals surface area contributed by atoms with Gasteiger partial charge >= 0.3 is 0 Å². The molecular weight excluding hydrogens is 342 g/mol. The quantitative estimate of drug-likeness (QED) is 0.439. The summed E-state index contributed by atoms with van der Waals surface area (Å²) >= 11 is 0. The zero-order valence-electron chi connectivity index (χ0n) is 17.9. The molecule has 0 aromatic heterocycles. The van der Waals surface area contributed by atoms with Crippen molar-refractivity contribution in [1.29, 1.82) is 0 Å². The molecule has 3 heteroatoms. The predicted molar refractivity (Wildman–Crippen MR) is 122 cm³/mol. The summed E-state index contributed by atoms with van der Waals surface area (Å²) in [5, 5.41) is 3.49. The van der Waals surface area contributed by atoms with Gasteiger partial charge in [0, 0.05) is 36.7 Å². The molecule has 1 aliphatic heterocycles. The Kier molecular flexibility index (Phi) is 9.74. The lowest BCUT2D eigenvalue weighted by molar-refractivity contribution is 0.306. The molecular formula is C25H39N3. The van der Waals surface area contributed by atoms with Crippen LogP contribution in [0.5, 0.6) is 0 Å². The lowest BCUT2D eigenvalue weighted by Gasteiger charge is -2.31. The van der Waals surface area contributed by atoms with Gasteiger partial charge < -0.3 is 15.1 Å². The number of likely N-dealkylation sites (tertiary alicyclic amines) is 1. The maximum absolute atomic E-state index is 4.37. The first-order valence-electron chi connectivity index (χ1n) is 10.9. The van der Waals surface area contributed by atoms with Gasteiger partial charge in [-0.25, -0.2) is 0 Å². The monoisotopic (exact) mass is 381 g/mol. The summed E-state index contributed by atoms with van der Waals surface area (Å²) in [5.41, 5.74) is 4.81. The summed E-state index contributed by atoms with van der Waals surface area (Å²) in [4.78, 5) is 4.85. The van der Waals surface area contributed by atoms with Crippen molar-refractivity contribution in [2.24, 2.45) is 0 Å². The van der Waals surface area contributed by atoms with E-state index >= 15 is 0 Å². The Morgan fingerprint density at radius 1 is 1.07 bits per heavy atom. The van der Waals surface area contributed by atoms with E-state index in [0.717, 1.165) is 57.0 Å². The summed E-state index contributed by atoms with van der Waals surface area (Å²) in [7, 11) is 0. The normalized spacial score (nSPS) is 13.4. The molecule has 1 saturated heterocycles. The second-order valence-corrected chi connectivity index (χ2v) is 7.90. The van der Waals surface area contributed by atoms with Gasteiger partial charge in [-0.15, -0.1) is 0 Å². The number of hydrogen-bond donors (Lipinski definition) is 1. The van der Waals surface area contributed by atoms with Crippen LogP contribution in [0.1, 0.15) is 51.0 Å². The Morgan fingerprint density at radius 3 is 2.46 bits per heavy atom. The SMILES string of the molecule is C=C(CCc1ccccc1)NCC(=C)N(CCCCC)CC(=C)N1CCCC1. The minimum Gasteiger partial charge on any atom is -0.383 e. The Hall–Kier alpha value is -2.16. The van der Waals surface area contributed by atoms with Crippen LogP contribution in [0.15, 0.2) is 67.2 Å². The highest BCUT2D eigenvalue weighted by Crippen LogP contribution is 2.17. The Bertz CT molecular complexity index is 614. The molecule has 0 saturated carbocycles. The lowest BCUT2D eigenvalue weighted by atomic mass is 10.1. The van der Waals surface area contributed by atoms with Crippen LogP contribution in [-0.4, -0.2) is 42.5 Å². The van der Waals surface area contributed by atoms with Crippen molar-refractivity contribution in [3.8, 4) is 0 Å². The second kappa shape index (κ2) is 12.3. The second-order valence-electron chi connectivity index (χ2n) is 7.90. The van der Waals surface area contributed by atoms with Gasteiger partial charge in [-0.3, -0.25) is 0 Å². The van der Waals surface area contributed by atoms with Crippen LogP contribution in [-0.2, 0) is 6.42 Å². The number of hydrogen-bond acceptors (Lipinski definition) is 3. The van der Waals surface area contributed by atoms with Crippen LogP contribution in [0.2, 0.25) is 0 Å². The van der Waals surface area contributed by atoms with Crippen LogP contribution in [0.3, 0.4) is 0 Å². The van der Waals surface area contributed by atoms with Gasteiger partial charge in [-0.2, -0.15) is 0 Å². The molecule has 0 amide bonds. The van der Waals surface area contributed by atoms with Crippen LogP contribution < -0.4 is 5.32 Å². The molecule has 0 bridgehead atoms. The number of benzene rings is 1. The molecule has 1 aliphatic rings. The van der Waals surface area contributed by atoms with Crippen LogP contribution in [0, 0.1) is 0 Å². The van der Waals surface area contributed by atoms with Gasteiger partial charge in [0.1, 0.15) is 0 Å². The van der Waals surface area contributed by atoms with Gasteiger partial charge in [0.2, 0.25) is 0 Å². The van der Waals surface area contributed by atoms with E-state index in [1.54, 1.807) is 0 Å². The van der Waals surface area contributed by atoms with Crippen molar-refractivity contribution in [2.75, 3.05) is 32.7 Å². The molecule has 2 rings (SSSR count). The van der Waals surface area contributed by atoms with Gasteiger partial charge in [0.05, 0.1) is 13.1 Å². The van der Waals surface area contributed by atoms with Crippen molar-refractivity contribution < 1.29 is 0 Å². The number of rotatable bonds is 14. The van der Waals surface area contributed by atoms with Crippen LogP contribution in [0.25, 0.3) is 0 Å². The van der Waals surface area contributed by atoms with Gasteiger partial charge in [0.15, 0.2) is 0 Å². The van der Waals surface area contributed by atoms with E-state index in [-0.39, 0.29) is 0 Å². The molecule has 0 atom stereocenters. The lowest BCUT2D eigenvalue weighted by Crippen LogP contribution is -2.35. The number of nitrogens with zero attached hydrogens (tertiary/aromatic N) is 2. The van der Waals surface area contributed by atoms with E-state index in [4.69, 9.17) is 0 Å². The smallest absolute Gasteiger partial charge is 0.0570 e. The zero-order chi connectivity index (χ0) is 20.2. The largest absolute Gasteiger partial charge is 0.383 e. The minimum atomic E-state index is 0.757. The van der Waals surface area contributed by atoms with E-state index in [9.17, 15) is 0 Å². The molecule has 0 aliphatic carbocycles. The van der Waals surface area contributed by atoms with Crippen molar-refractivity contribution in [3.05, 3.63) is 72.7 Å². The maximum atomic E-state index is 4.37. The standard InChI is InChI=1S/C25H39N3/c1-5-6-10-19-28(21-24(4)27-17-11-12-18-27)23(3)20-26-22(2)15-16-25-13-8-7-9-14-25/h7-9,13-14,26H,2-6,10-12,15-21H2,1H3. The van der Waals surface area contributed by atoms with E-state index in [1.165, 1.54) is 43.4 Å². The van der Waals surface area contributed by atoms with Gasteiger partial charge in [-0.05, 0) is 37.7 Å².